The van der Waals surface area contributed by atoms with Crippen molar-refractivity contribution in [3.8, 4) is 0 Å². The summed E-state index contributed by atoms with van der Waals surface area (Å²) in [6.45, 7) is 6.97. The van der Waals surface area contributed by atoms with Gasteiger partial charge in [0.05, 0.1) is 6.54 Å². The van der Waals surface area contributed by atoms with Gasteiger partial charge in [0.1, 0.15) is 0 Å². The van der Waals surface area contributed by atoms with Crippen LogP contribution < -0.4 is 5.32 Å². The highest BCUT2D eigenvalue weighted by Crippen LogP contribution is 2.19. The molecule has 5 nitrogen and oxygen atoms in total. The third-order valence-electron chi connectivity index (χ3n) is 4.84. The Labute approximate surface area is 168 Å². The fourth-order valence-electron chi connectivity index (χ4n) is 3.31. The van der Waals surface area contributed by atoms with Crippen LogP contribution in [-0.2, 0) is 4.79 Å². The van der Waals surface area contributed by atoms with Crippen LogP contribution in [-0.4, -0.2) is 54.3 Å². The van der Waals surface area contributed by atoms with Crippen LogP contribution >= 0.6 is 15.9 Å². The minimum Gasteiger partial charge on any atom is -0.336 e. The van der Waals surface area contributed by atoms with E-state index >= 15 is 0 Å². The van der Waals surface area contributed by atoms with Crippen LogP contribution in [0.4, 0.5) is 5.69 Å². The molecule has 0 spiro atoms. The molecule has 0 radical (unpaired) electrons. The molecule has 27 heavy (non-hydrogen) atoms. The van der Waals surface area contributed by atoms with E-state index in [1.165, 1.54) is 0 Å². The lowest BCUT2D eigenvalue weighted by Gasteiger charge is -2.34. The monoisotopic (exact) mass is 429 g/mol. The number of piperazine rings is 1. The number of nitrogens with zero attached hydrogens (tertiary/aromatic N) is 2. The Morgan fingerprint density at radius 2 is 1.63 bits per heavy atom. The third kappa shape index (κ3) is 4.96. The Bertz CT molecular complexity index is 825. The molecule has 2 amide bonds. The summed E-state index contributed by atoms with van der Waals surface area (Å²) >= 11 is 3.40. The van der Waals surface area contributed by atoms with Crippen LogP contribution in [0.3, 0.4) is 0 Å². The summed E-state index contributed by atoms with van der Waals surface area (Å²) in [5.41, 5.74) is 3.71. The second kappa shape index (κ2) is 8.67. The van der Waals surface area contributed by atoms with E-state index in [4.69, 9.17) is 0 Å². The first-order valence-corrected chi connectivity index (χ1v) is 9.86. The van der Waals surface area contributed by atoms with E-state index in [0.717, 1.165) is 21.3 Å². The molecular formula is C21H24BrN3O2. The van der Waals surface area contributed by atoms with Crippen LogP contribution in [0.25, 0.3) is 0 Å². The quantitative estimate of drug-likeness (QED) is 0.809. The minimum atomic E-state index is -0.0147. The van der Waals surface area contributed by atoms with Crippen molar-refractivity contribution in [2.45, 2.75) is 13.8 Å². The zero-order valence-corrected chi connectivity index (χ0v) is 17.3. The number of aryl methyl sites for hydroxylation is 2. The molecule has 0 bridgehead atoms. The van der Waals surface area contributed by atoms with Crippen LogP contribution in [0.5, 0.6) is 0 Å². The van der Waals surface area contributed by atoms with Crippen molar-refractivity contribution in [1.29, 1.82) is 0 Å². The topological polar surface area (TPSA) is 52.7 Å². The summed E-state index contributed by atoms with van der Waals surface area (Å²) < 4.78 is 0.898. The van der Waals surface area contributed by atoms with Crippen molar-refractivity contribution in [3.63, 3.8) is 0 Å². The summed E-state index contributed by atoms with van der Waals surface area (Å²) in [6, 6.07) is 13.4. The number of para-hydroxylation sites is 1. The molecule has 6 heteroatoms. The number of carbonyl (C=O) groups is 2. The van der Waals surface area contributed by atoms with Gasteiger partial charge in [-0.15, -0.1) is 0 Å². The Morgan fingerprint density at radius 1 is 1.00 bits per heavy atom. The van der Waals surface area contributed by atoms with Gasteiger partial charge in [-0.3, -0.25) is 14.5 Å². The molecule has 0 aliphatic carbocycles. The summed E-state index contributed by atoms with van der Waals surface area (Å²) in [4.78, 5) is 29.0. The van der Waals surface area contributed by atoms with Crippen molar-refractivity contribution < 1.29 is 9.59 Å². The average Bonchev–Trinajstić information content (AvgIpc) is 2.65. The highest BCUT2D eigenvalue weighted by molar-refractivity contribution is 9.10. The summed E-state index contributed by atoms with van der Waals surface area (Å²) in [5, 5.41) is 3.03. The predicted octanol–water partition coefficient (Wildman–Crippen LogP) is 3.46. The van der Waals surface area contributed by atoms with Crippen molar-refractivity contribution in [2.75, 3.05) is 38.0 Å². The molecule has 1 saturated heterocycles. The number of carbonyl (C=O) groups excluding carboxylic acids is 2. The van der Waals surface area contributed by atoms with E-state index in [1.54, 1.807) is 0 Å². The highest BCUT2D eigenvalue weighted by atomic mass is 79.9. The minimum absolute atomic E-state index is 0.0147. The lowest BCUT2D eigenvalue weighted by Crippen LogP contribution is -2.50. The summed E-state index contributed by atoms with van der Waals surface area (Å²) in [6.07, 6.45) is 0. The van der Waals surface area contributed by atoms with Gasteiger partial charge in [0.25, 0.3) is 5.91 Å². The van der Waals surface area contributed by atoms with Gasteiger partial charge >= 0.3 is 0 Å². The van der Waals surface area contributed by atoms with E-state index in [0.29, 0.717) is 38.3 Å². The number of nitrogens with one attached hydrogen (secondary N) is 1. The Balaban J connectivity index is 1.52. The second-order valence-corrected chi connectivity index (χ2v) is 7.81. The zero-order valence-electron chi connectivity index (χ0n) is 15.7. The first-order valence-electron chi connectivity index (χ1n) is 9.07. The van der Waals surface area contributed by atoms with Gasteiger partial charge in [0, 0.05) is 41.9 Å². The molecule has 3 rings (SSSR count). The van der Waals surface area contributed by atoms with Gasteiger partial charge in [-0.25, -0.2) is 0 Å². The molecule has 0 atom stereocenters. The van der Waals surface area contributed by atoms with E-state index in [1.807, 2.05) is 61.2 Å². The number of anilines is 1. The normalized spacial score (nSPS) is 14.9. The van der Waals surface area contributed by atoms with Crippen LogP contribution in [0.15, 0.2) is 46.9 Å². The fraction of sp³-hybridized carbons (Fsp3) is 0.333. The number of benzene rings is 2. The first-order chi connectivity index (χ1) is 12.9. The van der Waals surface area contributed by atoms with E-state index in [-0.39, 0.29) is 11.8 Å². The molecule has 1 aliphatic rings. The molecular weight excluding hydrogens is 406 g/mol. The van der Waals surface area contributed by atoms with Crippen molar-refractivity contribution in [1.82, 2.24) is 9.80 Å². The Hall–Kier alpha value is -2.18. The lowest BCUT2D eigenvalue weighted by atomic mass is 10.1. The van der Waals surface area contributed by atoms with Crippen molar-refractivity contribution in [2.24, 2.45) is 0 Å². The maximum Gasteiger partial charge on any atom is 0.253 e. The molecule has 1 N–H and O–H groups in total. The predicted molar refractivity (Wildman–Crippen MR) is 111 cm³/mol. The van der Waals surface area contributed by atoms with Gasteiger partial charge in [0.15, 0.2) is 0 Å². The third-order valence-corrected chi connectivity index (χ3v) is 5.34. The molecule has 1 aliphatic heterocycles. The molecule has 142 valence electrons. The molecule has 1 heterocycles. The van der Waals surface area contributed by atoms with Crippen molar-refractivity contribution in [3.05, 3.63) is 63.6 Å². The molecule has 0 unspecified atom stereocenters. The van der Waals surface area contributed by atoms with E-state index in [9.17, 15) is 9.59 Å². The zero-order chi connectivity index (χ0) is 19.4. The lowest BCUT2D eigenvalue weighted by molar-refractivity contribution is -0.117. The molecule has 0 saturated carbocycles. The number of amides is 2. The largest absolute Gasteiger partial charge is 0.336 e. The SMILES string of the molecule is Cc1cccc(C)c1NC(=O)CN1CCN(C(=O)c2cccc(Br)c2)CC1. The van der Waals surface area contributed by atoms with Gasteiger partial charge < -0.3 is 10.2 Å². The van der Waals surface area contributed by atoms with E-state index in [2.05, 4.69) is 26.1 Å². The smallest absolute Gasteiger partial charge is 0.253 e. The van der Waals surface area contributed by atoms with Gasteiger partial charge in [-0.2, -0.15) is 0 Å². The van der Waals surface area contributed by atoms with Gasteiger partial charge in [0.2, 0.25) is 5.91 Å². The van der Waals surface area contributed by atoms with Crippen molar-refractivity contribution >= 4 is 33.4 Å². The Morgan fingerprint density at radius 3 is 2.26 bits per heavy atom. The number of rotatable bonds is 4. The Kier molecular flexibility index (Phi) is 6.29. The first kappa shape index (κ1) is 19.6. The standard InChI is InChI=1S/C21H24BrN3O2/c1-15-5-3-6-16(2)20(15)23-19(26)14-24-9-11-25(12-10-24)21(27)17-7-4-8-18(22)13-17/h3-8,13H,9-12,14H2,1-2H3,(H,23,26). The fourth-order valence-corrected chi connectivity index (χ4v) is 3.71. The summed E-state index contributed by atoms with van der Waals surface area (Å²) in [7, 11) is 0. The van der Waals surface area contributed by atoms with Gasteiger partial charge in [-0.1, -0.05) is 40.2 Å². The maximum absolute atomic E-state index is 12.6. The molecule has 0 aromatic heterocycles. The van der Waals surface area contributed by atoms with E-state index < -0.39 is 0 Å². The van der Waals surface area contributed by atoms with Crippen LogP contribution in [0.2, 0.25) is 0 Å². The van der Waals surface area contributed by atoms with Gasteiger partial charge in [-0.05, 0) is 43.2 Å². The molecule has 2 aromatic carbocycles. The van der Waals surface area contributed by atoms with Crippen LogP contribution in [0, 0.1) is 13.8 Å². The number of hydrogen-bond acceptors (Lipinski definition) is 3. The van der Waals surface area contributed by atoms with Crippen LogP contribution in [0.1, 0.15) is 21.5 Å². The maximum atomic E-state index is 12.6. The highest BCUT2D eigenvalue weighted by Gasteiger charge is 2.23. The number of hydrogen-bond donors (Lipinski definition) is 1. The summed E-state index contributed by atoms with van der Waals surface area (Å²) in [5.74, 6) is 0.0232. The number of halogens is 1. The second-order valence-electron chi connectivity index (χ2n) is 6.89. The average molecular weight is 430 g/mol. The molecule has 2 aromatic rings. The molecule has 1 fully saturated rings.